The minimum atomic E-state index is -0.488. The fourth-order valence-corrected chi connectivity index (χ4v) is 7.80. The zero-order valence-corrected chi connectivity index (χ0v) is 24.8. The molecule has 5 atom stereocenters. The number of rotatable bonds is 5. The Morgan fingerprint density at radius 3 is 2.54 bits per heavy atom. The number of ether oxygens (including phenoxy) is 1. The van der Waals surface area contributed by atoms with Crippen molar-refractivity contribution >= 4 is 39.2 Å². The highest BCUT2D eigenvalue weighted by Crippen LogP contribution is 2.56. The van der Waals surface area contributed by atoms with Crippen LogP contribution in [0.25, 0.3) is 10.2 Å². The molecule has 39 heavy (non-hydrogen) atoms. The molecule has 2 aliphatic heterocycles. The van der Waals surface area contributed by atoms with E-state index in [-0.39, 0.29) is 35.8 Å². The summed E-state index contributed by atoms with van der Waals surface area (Å²) in [6.45, 7) is 8.32. The highest BCUT2D eigenvalue weighted by Gasteiger charge is 2.46. The number of piperidine rings is 1. The zero-order chi connectivity index (χ0) is 27.6. The second-order valence-corrected chi connectivity index (χ2v) is 14.2. The van der Waals surface area contributed by atoms with Crippen molar-refractivity contribution in [1.82, 2.24) is 19.8 Å². The first-order valence-corrected chi connectivity index (χ1v) is 15.1. The molecule has 0 radical (unpaired) electrons. The lowest BCUT2D eigenvalue weighted by Crippen LogP contribution is -2.52. The lowest BCUT2D eigenvalue weighted by Gasteiger charge is -2.42. The first-order valence-electron chi connectivity index (χ1n) is 13.9. The molecule has 0 spiro atoms. The molecule has 4 heterocycles. The maximum absolute atomic E-state index is 15.4. The number of hydrogen-bond donors (Lipinski definition) is 0. The van der Waals surface area contributed by atoms with E-state index in [0.29, 0.717) is 16.9 Å². The van der Waals surface area contributed by atoms with Crippen molar-refractivity contribution in [2.24, 2.45) is 0 Å². The lowest BCUT2D eigenvalue weighted by atomic mass is 9.96. The van der Waals surface area contributed by atoms with E-state index in [1.807, 2.05) is 44.7 Å². The van der Waals surface area contributed by atoms with Crippen LogP contribution in [0, 0.1) is 12.7 Å². The summed E-state index contributed by atoms with van der Waals surface area (Å²) in [4.78, 5) is 27.2. The van der Waals surface area contributed by atoms with Crippen LogP contribution in [0.2, 0.25) is 4.34 Å². The Morgan fingerprint density at radius 2 is 1.87 bits per heavy atom. The van der Waals surface area contributed by atoms with Gasteiger partial charge in [-0.3, -0.25) is 4.90 Å². The highest BCUT2D eigenvalue weighted by atomic mass is 35.5. The van der Waals surface area contributed by atoms with Crippen LogP contribution in [0.1, 0.15) is 87.4 Å². The van der Waals surface area contributed by atoms with Gasteiger partial charge in [-0.05, 0) is 96.0 Å². The largest absolute Gasteiger partial charge is 0.444 e. The topological polar surface area (TPSA) is 58.6 Å². The van der Waals surface area contributed by atoms with Crippen LogP contribution < -0.4 is 0 Å². The van der Waals surface area contributed by atoms with Gasteiger partial charge in [0.2, 0.25) is 0 Å². The molecule has 3 aliphatic rings. The number of halogens is 2. The highest BCUT2D eigenvalue weighted by molar-refractivity contribution is 7.22. The van der Waals surface area contributed by atoms with Crippen LogP contribution in [-0.4, -0.2) is 56.6 Å². The monoisotopic (exact) mass is 570 g/mol. The minimum Gasteiger partial charge on any atom is -0.444 e. The number of nitrogens with zero attached hydrogens (tertiary/aromatic N) is 4. The molecule has 2 saturated heterocycles. The van der Waals surface area contributed by atoms with Crippen LogP contribution in [0.4, 0.5) is 9.18 Å². The van der Waals surface area contributed by atoms with E-state index in [4.69, 9.17) is 21.3 Å². The number of fused-ring (bicyclic) bond motifs is 3. The van der Waals surface area contributed by atoms with E-state index in [1.165, 1.54) is 11.3 Å². The van der Waals surface area contributed by atoms with Crippen molar-refractivity contribution in [2.75, 3.05) is 7.05 Å². The van der Waals surface area contributed by atoms with Gasteiger partial charge in [0, 0.05) is 36.0 Å². The molecular formula is C30H36ClFN4O2S. The van der Waals surface area contributed by atoms with E-state index in [9.17, 15) is 4.79 Å². The summed E-state index contributed by atoms with van der Waals surface area (Å²) in [5, 5.41) is 0.994. The number of carbonyl (C=O) groups is 1. The number of aromatic nitrogens is 2. The Bertz CT molecular complexity index is 1410. The fraction of sp³-hybridized carbons (Fsp3) is 0.567. The van der Waals surface area contributed by atoms with Crippen molar-refractivity contribution in [2.45, 2.75) is 102 Å². The molecule has 9 heteroatoms. The molecule has 2 aromatic heterocycles. The van der Waals surface area contributed by atoms with Gasteiger partial charge in [-0.2, -0.15) is 0 Å². The van der Waals surface area contributed by atoms with Crippen LogP contribution >= 0.6 is 22.9 Å². The number of benzene rings is 1. The van der Waals surface area contributed by atoms with E-state index >= 15 is 4.39 Å². The average molecular weight is 571 g/mol. The van der Waals surface area contributed by atoms with Gasteiger partial charge in [0.05, 0.1) is 10.0 Å². The molecule has 3 fully saturated rings. The van der Waals surface area contributed by atoms with Crippen LogP contribution in [0.3, 0.4) is 0 Å². The summed E-state index contributed by atoms with van der Waals surface area (Å²) in [6, 6.07) is 8.46. The van der Waals surface area contributed by atoms with Gasteiger partial charge in [0.1, 0.15) is 22.1 Å². The second kappa shape index (κ2) is 9.96. The predicted molar refractivity (Wildman–Crippen MR) is 153 cm³/mol. The summed E-state index contributed by atoms with van der Waals surface area (Å²) >= 11 is 7.72. The lowest BCUT2D eigenvalue weighted by molar-refractivity contribution is -0.00278. The Balaban J connectivity index is 1.10. The molecule has 6 rings (SSSR count). The van der Waals surface area contributed by atoms with Crippen molar-refractivity contribution in [3.63, 3.8) is 0 Å². The van der Waals surface area contributed by atoms with Gasteiger partial charge < -0.3 is 9.64 Å². The summed E-state index contributed by atoms with van der Waals surface area (Å²) in [5.74, 6) is 0.902. The molecule has 208 valence electrons. The first-order chi connectivity index (χ1) is 18.5. The van der Waals surface area contributed by atoms with E-state index in [0.717, 1.165) is 65.0 Å². The summed E-state index contributed by atoms with van der Waals surface area (Å²) in [6.07, 6.45) is 4.60. The van der Waals surface area contributed by atoms with E-state index in [2.05, 4.69) is 23.0 Å². The van der Waals surface area contributed by atoms with Crippen molar-refractivity contribution in [1.29, 1.82) is 0 Å². The summed E-state index contributed by atoms with van der Waals surface area (Å²) in [7, 11) is 2.12. The number of hydrogen-bond acceptors (Lipinski definition) is 6. The third-order valence-electron chi connectivity index (χ3n) is 8.48. The van der Waals surface area contributed by atoms with Gasteiger partial charge in [-0.15, -0.1) is 11.3 Å². The molecule has 2 bridgehead atoms. The molecule has 1 amide bonds. The molecule has 1 aromatic carbocycles. The van der Waals surface area contributed by atoms with Gasteiger partial charge in [0.15, 0.2) is 0 Å². The fourth-order valence-electron chi connectivity index (χ4n) is 6.66. The molecular weight excluding hydrogens is 535 g/mol. The summed E-state index contributed by atoms with van der Waals surface area (Å²) < 4.78 is 21.8. The third kappa shape index (κ3) is 5.40. The number of aryl methyl sites for hydroxylation is 1. The Kier molecular flexibility index (Phi) is 6.87. The number of amides is 1. The Morgan fingerprint density at radius 1 is 1.15 bits per heavy atom. The van der Waals surface area contributed by atoms with Crippen molar-refractivity contribution in [3.05, 3.63) is 57.1 Å². The van der Waals surface area contributed by atoms with Gasteiger partial charge in [0.25, 0.3) is 0 Å². The average Bonchev–Trinajstić information content (AvgIpc) is 3.46. The van der Waals surface area contributed by atoms with E-state index in [1.54, 1.807) is 6.07 Å². The molecule has 1 saturated carbocycles. The second-order valence-electron chi connectivity index (χ2n) is 12.5. The van der Waals surface area contributed by atoms with Crippen molar-refractivity contribution < 1.29 is 13.9 Å². The van der Waals surface area contributed by atoms with Gasteiger partial charge in [-0.25, -0.2) is 19.2 Å². The molecule has 3 unspecified atom stereocenters. The van der Waals surface area contributed by atoms with Gasteiger partial charge in [-0.1, -0.05) is 23.7 Å². The normalized spacial score (nSPS) is 26.5. The molecule has 0 N–H and O–H groups in total. The van der Waals surface area contributed by atoms with Crippen LogP contribution in [0.5, 0.6) is 0 Å². The quantitative estimate of drug-likeness (QED) is 0.319. The van der Waals surface area contributed by atoms with E-state index < -0.39 is 5.60 Å². The maximum atomic E-state index is 15.4. The minimum absolute atomic E-state index is 0.126. The Hall–Kier alpha value is -2.29. The summed E-state index contributed by atoms with van der Waals surface area (Å²) in [5.41, 5.74) is 2.24. The van der Waals surface area contributed by atoms with Gasteiger partial charge >= 0.3 is 6.09 Å². The SMILES string of the molecule is Cc1nc(C2CC2c2ccc(CN(C)C3C[C@H]4CC[C@@H](C3)N4C(=O)OC(C)(C)C)cc2F)c2cc(Cl)sc2n1. The molecule has 6 nitrogen and oxygen atoms in total. The number of carbonyl (C=O) groups excluding carboxylic acids is 1. The third-order valence-corrected chi connectivity index (χ3v) is 9.64. The first kappa shape index (κ1) is 26.9. The zero-order valence-electron chi connectivity index (χ0n) is 23.2. The van der Waals surface area contributed by atoms with Crippen molar-refractivity contribution in [3.8, 4) is 0 Å². The molecule has 3 aromatic rings. The predicted octanol–water partition coefficient (Wildman–Crippen LogP) is 7.43. The Labute approximate surface area is 238 Å². The maximum Gasteiger partial charge on any atom is 0.410 e. The number of thiophene rings is 1. The molecule has 1 aliphatic carbocycles. The van der Waals surface area contributed by atoms with Crippen LogP contribution in [0.15, 0.2) is 24.3 Å². The standard InChI is InChI=1S/C30H36ClFN4O2S/c1-16-33-27(24-14-26(31)39-28(24)34-16)23-13-22(23)21-9-6-17(10-25(21)32)15-35(5)20-11-18-7-8-19(12-20)36(18)29(37)38-30(2,3)4/h6,9-10,14,18-20,22-23H,7-8,11-13,15H2,1-5H3/t18-,19+,20?,22?,23?. The smallest absolute Gasteiger partial charge is 0.410 e. The van der Waals surface area contributed by atoms with Crippen LogP contribution in [-0.2, 0) is 11.3 Å².